The van der Waals surface area contributed by atoms with Crippen LogP contribution in [-0.4, -0.2) is 62.4 Å². The molecule has 0 amide bonds. The number of carbonyl (C=O) groups excluding carboxylic acids is 4. The molecule has 1 spiro atoms. The van der Waals surface area contributed by atoms with Gasteiger partial charge in [-0.3, -0.25) is 14.4 Å². The van der Waals surface area contributed by atoms with E-state index in [1.807, 2.05) is 19.1 Å². The standard InChI is InChI=1S/C28H32O9/c1-13-21(31)35-18-12-23(13,2)19-20(30)27(34)16-9-8-14-6-5-7-17(29)24(14,3)15(16)10-11-26(33)22(32)36-25(18,4)28(19,26)37-27/h5-6,8,13,15-16,18-19,33-34H,7,9-12H2,1-4H3/t13-,15?,16?,18-,19?,23-,24+,25+,26-,27?,28+/m1/s1. The van der Waals surface area contributed by atoms with Crippen LogP contribution in [0.3, 0.4) is 0 Å². The average molecular weight is 513 g/mol. The molecule has 4 saturated heterocycles. The monoisotopic (exact) mass is 512 g/mol. The lowest BCUT2D eigenvalue weighted by atomic mass is 9.46. The van der Waals surface area contributed by atoms with E-state index in [0.717, 1.165) is 5.57 Å². The number of Topliss-reactive ketones (excluding diaryl/α,β-unsaturated/α-hetero) is 2. The number of carbonyl (C=O) groups is 4. The van der Waals surface area contributed by atoms with Crippen LogP contribution in [0.1, 0.15) is 59.8 Å². The van der Waals surface area contributed by atoms with E-state index in [1.165, 1.54) is 6.92 Å². The van der Waals surface area contributed by atoms with Crippen molar-refractivity contribution in [3.63, 3.8) is 0 Å². The minimum atomic E-state index is -2.39. The topological polar surface area (TPSA) is 136 Å². The van der Waals surface area contributed by atoms with E-state index in [-0.39, 0.29) is 37.9 Å². The molecule has 0 radical (unpaired) electrons. The summed E-state index contributed by atoms with van der Waals surface area (Å²) in [6, 6.07) is 0. The van der Waals surface area contributed by atoms with Gasteiger partial charge in [-0.05, 0) is 56.4 Å². The lowest BCUT2D eigenvalue weighted by Crippen LogP contribution is -2.78. The lowest BCUT2D eigenvalue weighted by molar-refractivity contribution is -0.346. The summed E-state index contributed by atoms with van der Waals surface area (Å²) in [4.78, 5) is 54.5. The number of fused-ring (bicyclic) bond motifs is 9. The molecule has 0 aromatic rings. The third-order valence-corrected chi connectivity index (χ3v) is 11.8. The molecule has 5 fully saturated rings. The van der Waals surface area contributed by atoms with E-state index in [1.54, 1.807) is 19.9 Å². The van der Waals surface area contributed by atoms with Gasteiger partial charge in [0.05, 0.1) is 17.3 Å². The second kappa shape index (κ2) is 6.43. The van der Waals surface area contributed by atoms with Crippen LogP contribution < -0.4 is 0 Å². The van der Waals surface area contributed by atoms with Crippen LogP contribution in [0.4, 0.5) is 0 Å². The minimum absolute atomic E-state index is 0.0426. The fourth-order valence-electron chi connectivity index (χ4n) is 9.44. The molecule has 3 aliphatic carbocycles. The Morgan fingerprint density at radius 3 is 2.51 bits per heavy atom. The first-order valence-electron chi connectivity index (χ1n) is 13.3. The van der Waals surface area contributed by atoms with Crippen molar-refractivity contribution in [1.82, 2.24) is 0 Å². The molecule has 198 valence electrons. The number of ether oxygens (including phenoxy) is 3. The van der Waals surface area contributed by atoms with Gasteiger partial charge < -0.3 is 24.4 Å². The zero-order valence-electron chi connectivity index (χ0n) is 21.4. The summed E-state index contributed by atoms with van der Waals surface area (Å²) in [5.74, 6) is -7.88. The highest BCUT2D eigenvalue weighted by molar-refractivity contribution is 5.99. The van der Waals surface area contributed by atoms with Crippen LogP contribution in [0.25, 0.3) is 0 Å². The Morgan fingerprint density at radius 2 is 1.78 bits per heavy atom. The molecular formula is C28H32O9. The Morgan fingerprint density at radius 1 is 1.05 bits per heavy atom. The third kappa shape index (κ3) is 2.17. The summed E-state index contributed by atoms with van der Waals surface area (Å²) in [5.41, 5.74) is -7.19. The van der Waals surface area contributed by atoms with Crippen molar-refractivity contribution >= 4 is 23.5 Å². The highest BCUT2D eigenvalue weighted by Gasteiger charge is 2.91. The van der Waals surface area contributed by atoms with Gasteiger partial charge in [-0.2, -0.15) is 0 Å². The number of rotatable bonds is 0. The molecule has 11 atom stereocenters. The quantitative estimate of drug-likeness (QED) is 0.463. The summed E-state index contributed by atoms with van der Waals surface area (Å²) in [6.45, 7) is 6.80. The van der Waals surface area contributed by atoms with E-state index in [0.29, 0.717) is 0 Å². The van der Waals surface area contributed by atoms with E-state index in [4.69, 9.17) is 14.2 Å². The second-order valence-electron chi connectivity index (χ2n) is 12.9. The van der Waals surface area contributed by atoms with Crippen LogP contribution in [0.5, 0.6) is 0 Å². The van der Waals surface area contributed by atoms with Crippen molar-refractivity contribution in [2.45, 2.75) is 88.5 Å². The van der Waals surface area contributed by atoms with Crippen molar-refractivity contribution in [2.75, 3.05) is 0 Å². The Kier molecular flexibility index (Phi) is 4.13. The van der Waals surface area contributed by atoms with Crippen molar-refractivity contribution in [3.05, 3.63) is 23.8 Å². The minimum Gasteiger partial charge on any atom is -0.458 e. The SMILES string of the molecule is C[C@@H]1C(=O)O[C@@H]2C[C@@]1(C)C1C(=O)C3(O)O[C@@]14[C@@](O)(CCC1C3CC=C3C=CCC(=O)[C@@]31C)C(=O)O[C@@]24C. The largest absolute Gasteiger partial charge is 0.458 e. The smallest absolute Gasteiger partial charge is 0.342 e. The summed E-state index contributed by atoms with van der Waals surface area (Å²) >= 11 is 0. The molecule has 0 aromatic carbocycles. The molecular weight excluding hydrogens is 480 g/mol. The van der Waals surface area contributed by atoms with Crippen molar-refractivity contribution in [3.8, 4) is 0 Å². The number of allylic oxidation sites excluding steroid dienone is 4. The Balaban J connectivity index is 1.50. The van der Waals surface area contributed by atoms with Gasteiger partial charge in [0.1, 0.15) is 11.9 Å². The van der Waals surface area contributed by atoms with Crippen LogP contribution in [0, 0.1) is 34.5 Å². The van der Waals surface area contributed by atoms with Crippen molar-refractivity contribution < 1.29 is 43.6 Å². The predicted molar refractivity (Wildman–Crippen MR) is 124 cm³/mol. The van der Waals surface area contributed by atoms with Gasteiger partial charge in [0.25, 0.3) is 0 Å². The van der Waals surface area contributed by atoms with E-state index in [2.05, 4.69) is 0 Å². The highest BCUT2D eigenvalue weighted by atomic mass is 16.7. The molecule has 1 saturated carbocycles. The van der Waals surface area contributed by atoms with Crippen LogP contribution in [0.15, 0.2) is 23.8 Å². The fourth-order valence-corrected chi connectivity index (χ4v) is 9.44. The molecule has 4 bridgehead atoms. The molecule has 7 rings (SSSR count). The fraction of sp³-hybridized carbons (Fsp3) is 0.714. The zero-order valence-corrected chi connectivity index (χ0v) is 21.4. The van der Waals surface area contributed by atoms with Crippen LogP contribution in [0.2, 0.25) is 0 Å². The van der Waals surface area contributed by atoms with Gasteiger partial charge in [0.15, 0.2) is 22.6 Å². The van der Waals surface area contributed by atoms with Gasteiger partial charge in [0.2, 0.25) is 5.79 Å². The molecule has 4 aliphatic heterocycles. The summed E-state index contributed by atoms with van der Waals surface area (Å²) < 4.78 is 18.1. The van der Waals surface area contributed by atoms with Gasteiger partial charge in [-0.25, -0.2) is 4.79 Å². The molecule has 2 N–H and O–H groups in total. The van der Waals surface area contributed by atoms with Gasteiger partial charge >= 0.3 is 11.9 Å². The first kappa shape index (κ1) is 23.7. The maximum Gasteiger partial charge on any atom is 0.342 e. The van der Waals surface area contributed by atoms with Gasteiger partial charge in [0, 0.05) is 12.3 Å². The molecule has 7 aliphatic rings. The molecule has 37 heavy (non-hydrogen) atoms. The van der Waals surface area contributed by atoms with Gasteiger partial charge in [-0.15, -0.1) is 0 Å². The van der Waals surface area contributed by atoms with Crippen LogP contribution in [-0.2, 0) is 33.4 Å². The molecule has 0 aromatic heterocycles. The first-order valence-corrected chi connectivity index (χ1v) is 13.3. The number of ketones is 2. The molecule has 9 nitrogen and oxygen atoms in total. The van der Waals surface area contributed by atoms with E-state index >= 15 is 0 Å². The summed E-state index contributed by atoms with van der Waals surface area (Å²) in [7, 11) is 0. The van der Waals surface area contributed by atoms with Gasteiger partial charge in [-0.1, -0.05) is 32.1 Å². The van der Waals surface area contributed by atoms with Crippen LogP contribution >= 0.6 is 0 Å². The number of hydrogen-bond donors (Lipinski definition) is 2. The maximum atomic E-state index is 14.6. The van der Waals surface area contributed by atoms with Crippen molar-refractivity contribution in [2.24, 2.45) is 34.5 Å². The number of hydrogen-bond acceptors (Lipinski definition) is 9. The highest BCUT2D eigenvalue weighted by Crippen LogP contribution is 2.73. The number of aliphatic hydroxyl groups is 2. The normalized spacial score (nSPS) is 57.4. The van der Waals surface area contributed by atoms with E-state index in [9.17, 15) is 29.4 Å². The Hall–Kier alpha value is -2.36. The third-order valence-electron chi connectivity index (χ3n) is 11.8. The zero-order chi connectivity index (χ0) is 26.6. The molecule has 4 heterocycles. The molecule has 9 heteroatoms. The molecule has 4 unspecified atom stereocenters. The maximum absolute atomic E-state index is 14.6. The van der Waals surface area contributed by atoms with E-state index < -0.39 is 80.9 Å². The second-order valence-corrected chi connectivity index (χ2v) is 12.9. The summed E-state index contributed by atoms with van der Waals surface area (Å²) in [5, 5.41) is 24.6. The Bertz CT molecular complexity index is 1270. The predicted octanol–water partition coefficient (Wildman–Crippen LogP) is 1.54. The lowest BCUT2D eigenvalue weighted by Gasteiger charge is -2.61. The average Bonchev–Trinajstić information content (AvgIpc) is 3.19. The van der Waals surface area contributed by atoms with Crippen molar-refractivity contribution in [1.29, 1.82) is 0 Å². The Labute approximate surface area is 214 Å². The first-order chi connectivity index (χ1) is 17.2. The number of esters is 2. The summed E-state index contributed by atoms with van der Waals surface area (Å²) in [6.07, 6.45) is 5.45.